The molecule has 112 valence electrons. The van der Waals surface area contributed by atoms with Gasteiger partial charge in [0.05, 0.1) is 17.1 Å². The van der Waals surface area contributed by atoms with E-state index >= 15 is 0 Å². The number of carbonyl (C=O) groups is 1. The average Bonchev–Trinajstić information content (AvgIpc) is 3.02. The molecule has 0 aliphatic carbocycles. The fraction of sp³-hybridized carbons (Fsp3) is 0.125. The van der Waals surface area contributed by atoms with Crippen LogP contribution in [0.1, 0.15) is 15.9 Å². The second-order valence-electron chi connectivity index (χ2n) is 4.79. The Labute approximate surface area is 132 Å². The third kappa shape index (κ3) is 2.94. The Morgan fingerprint density at radius 1 is 1.23 bits per heavy atom. The Kier molecular flexibility index (Phi) is 4.06. The molecule has 4 nitrogen and oxygen atoms in total. The Hall–Kier alpha value is -2.40. The third-order valence-electron chi connectivity index (χ3n) is 3.28. The Bertz CT molecular complexity index is 723. The molecule has 3 rings (SSSR count). The first-order valence-corrected chi connectivity index (χ1v) is 7.17. The highest BCUT2D eigenvalue weighted by molar-refractivity contribution is 6.34. The SMILES string of the molecule is O=C(Nc1ccc(C2=NCCN2)cc1)c1c(F)cccc1Cl. The van der Waals surface area contributed by atoms with E-state index in [4.69, 9.17) is 11.6 Å². The van der Waals surface area contributed by atoms with Crippen molar-refractivity contribution in [1.29, 1.82) is 0 Å². The van der Waals surface area contributed by atoms with Crippen LogP contribution in [0.25, 0.3) is 0 Å². The van der Waals surface area contributed by atoms with Gasteiger partial charge in [0, 0.05) is 17.8 Å². The maximum Gasteiger partial charge on any atom is 0.260 e. The number of amidine groups is 1. The van der Waals surface area contributed by atoms with Gasteiger partial charge >= 0.3 is 0 Å². The number of hydrogen-bond acceptors (Lipinski definition) is 3. The summed E-state index contributed by atoms with van der Waals surface area (Å²) >= 11 is 5.88. The minimum absolute atomic E-state index is 0.0821. The molecule has 0 aromatic heterocycles. The number of hydrogen-bond donors (Lipinski definition) is 2. The van der Waals surface area contributed by atoms with Gasteiger partial charge in [-0.05, 0) is 36.4 Å². The molecule has 1 aliphatic heterocycles. The first-order chi connectivity index (χ1) is 10.6. The zero-order chi connectivity index (χ0) is 15.5. The molecule has 2 aromatic rings. The van der Waals surface area contributed by atoms with Crippen LogP contribution < -0.4 is 10.6 Å². The number of nitrogens with zero attached hydrogens (tertiary/aromatic N) is 1. The molecule has 0 atom stereocenters. The maximum absolute atomic E-state index is 13.7. The number of halogens is 2. The number of benzene rings is 2. The van der Waals surface area contributed by atoms with Crippen LogP contribution >= 0.6 is 11.6 Å². The van der Waals surface area contributed by atoms with Gasteiger partial charge < -0.3 is 10.6 Å². The highest BCUT2D eigenvalue weighted by atomic mass is 35.5. The largest absolute Gasteiger partial charge is 0.368 e. The predicted molar refractivity (Wildman–Crippen MR) is 85.2 cm³/mol. The number of amides is 1. The predicted octanol–water partition coefficient (Wildman–Crippen LogP) is 3.08. The summed E-state index contributed by atoms with van der Waals surface area (Å²) in [7, 11) is 0. The number of rotatable bonds is 3. The smallest absolute Gasteiger partial charge is 0.260 e. The van der Waals surface area contributed by atoms with Crippen molar-refractivity contribution in [3.05, 3.63) is 64.4 Å². The first-order valence-electron chi connectivity index (χ1n) is 6.79. The summed E-state index contributed by atoms with van der Waals surface area (Å²) < 4.78 is 13.7. The van der Waals surface area contributed by atoms with Gasteiger partial charge in [-0.1, -0.05) is 17.7 Å². The molecule has 0 bridgehead atoms. The monoisotopic (exact) mass is 317 g/mol. The molecule has 6 heteroatoms. The zero-order valence-electron chi connectivity index (χ0n) is 11.6. The number of carbonyl (C=O) groups excluding carboxylic acids is 1. The van der Waals surface area contributed by atoms with Gasteiger partial charge in [0.1, 0.15) is 11.7 Å². The summed E-state index contributed by atoms with van der Waals surface area (Å²) in [4.78, 5) is 16.4. The van der Waals surface area contributed by atoms with Crippen LogP contribution in [0.3, 0.4) is 0 Å². The molecular formula is C16H13ClFN3O. The summed E-state index contributed by atoms with van der Waals surface area (Å²) in [5.41, 5.74) is 1.35. The molecule has 2 aromatic carbocycles. The molecule has 1 heterocycles. The van der Waals surface area contributed by atoms with E-state index in [1.165, 1.54) is 18.2 Å². The highest BCUT2D eigenvalue weighted by Gasteiger charge is 2.16. The number of nitrogens with one attached hydrogen (secondary N) is 2. The van der Waals surface area contributed by atoms with Crippen molar-refractivity contribution in [3.8, 4) is 0 Å². The van der Waals surface area contributed by atoms with Gasteiger partial charge in [0.25, 0.3) is 5.91 Å². The lowest BCUT2D eigenvalue weighted by atomic mass is 10.1. The molecule has 0 spiro atoms. The fourth-order valence-corrected chi connectivity index (χ4v) is 2.46. The summed E-state index contributed by atoms with van der Waals surface area (Å²) in [6.45, 7) is 1.60. The van der Waals surface area contributed by atoms with Gasteiger partial charge in [-0.25, -0.2) is 4.39 Å². The van der Waals surface area contributed by atoms with E-state index < -0.39 is 11.7 Å². The van der Waals surface area contributed by atoms with Gasteiger partial charge in [-0.2, -0.15) is 0 Å². The van der Waals surface area contributed by atoms with Crippen LogP contribution in [0.15, 0.2) is 47.5 Å². The quantitative estimate of drug-likeness (QED) is 0.914. The van der Waals surface area contributed by atoms with Crippen LogP contribution in [0.4, 0.5) is 10.1 Å². The van der Waals surface area contributed by atoms with Crippen molar-refractivity contribution in [2.45, 2.75) is 0 Å². The van der Waals surface area contributed by atoms with E-state index in [1.807, 2.05) is 12.1 Å². The van der Waals surface area contributed by atoms with Gasteiger partial charge in [-0.15, -0.1) is 0 Å². The van der Waals surface area contributed by atoms with E-state index in [0.717, 1.165) is 24.5 Å². The topological polar surface area (TPSA) is 53.5 Å². The summed E-state index contributed by atoms with van der Waals surface area (Å²) in [5, 5.41) is 5.89. The van der Waals surface area contributed by atoms with Gasteiger partial charge in [0.15, 0.2) is 0 Å². The first kappa shape index (κ1) is 14.5. The molecule has 0 unspecified atom stereocenters. The van der Waals surface area contributed by atoms with Crippen LogP contribution in [0.5, 0.6) is 0 Å². The minimum atomic E-state index is -0.647. The van der Waals surface area contributed by atoms with Crippen molar-refractivity contribution in [2.75, 3.05) is 18.4 Å². The minimum Gasteiger partial charge on any atom is -0.368 e. The summed E-state index contributed by atoms with van der Waals surface area (Å²) in [6, 6.07) is 11.3. The van der Waals surface area contributed by atoms with E-state index in [9.17, 15) is 9.18 Å². The van der Waals surface area contributed by atoms with Crippen molar-refractivity contribution >= 4 is 29.0 Å². The zero-order valence-corrected chi connectivity index (χ0v) is 12.3. The third-order valence-corrected chi connectivity index (χ3v) is 3.60. The second kappa shape index (κ2) is 6.15. The highest BCUT2D eigenvalue weighted by Crippen LogP contribution is 2.20. The molecule has 0 fully saturated rings. The van der Waals surface area contributed by atoms with Gasteiger partial charge in [-0.3, -0.25) is 9.79 Å². The number of anilines is 1. The molecule has 22 heavy (non-hydrogen) atoms. The van der Waals surface area contributed by atoms with Gasteiger partial charge in [0.2, 0.25) is 0 Å². The van der Waals surface area contributed by atoms with E-state index in [1.54, 1.807) is 12.1 Å². The molecule has 0 saturated carbocycles. The van der Waals surface area contributed by atoms with Crippen molar-refractivity contribution < 1.29 is 9.18 Å². The van der Waals surface area contributed by atoms with Crippen LogP contribution in [0.2, 0.25) is 5.02 Å². The second-order valence-corrected chi connectivity index (χ2v) is 5.19. The van der Waals surface area contributed by atoms with E-state index in [-0.39, 0.29) is 10.6 Å². The Morgan fingerprint density at radius 2 is 2.00 bits per heavy atom. The number of aliphatic imine (C=N–C) groups is 1. The van der Waals surface area contributed by atoms with Crippen LogP contribution in [-0.2, 0) is 0 Å². The van der Waals surface area contributed by atoms with Crippen molar-refractivity contribution in [3.63, 3.8) is 0 Å². The van der Waals surface area contributed by atoms with Crippen molar-refractivity contribution in [2.24, 2.45) is 4.99 Å². The Balaban J connectivity index is 1.77. The van der Waals surface area contributed by atoms with Crippen LogP contribution in [0, 0.1) is 5.82 Å². The Morgan fingerprint density at radius 3 is 2.64 bits per heavy atom. The fourth-order valence-electron chi connectivity index (χ4n) is 2.21. The lowest BCUT2D eigenvalue weighted by molar-refractivity contribution is 0.102. The van der Waals surface area contributed by atoms with Crippen LogP contribution in [-0.4, -0.2) is 24.8 Å². The average molecular weight is 318 g/mol. The van der Waals surface area contributed by atoms with E-state index in [2.05, 4.69) is 15.6 Å². The molecule has 1 amide bonds. The standard InChI is InChI=1S/C16H13ClFN3O/c17-12-2-1-3-13(18)14(12)16(22)21-11-6-4-10(5-7-11)15-19-8-9-20-15/h1-7H,8-9H2,(H,19,20)(H,21,22). The molecular weight excluding hydrogens is 305 g/mol. The lowest BCUT2D eigenvalue weighted by Crippen LogP contribution is -2.19. The molecule has 2 N–H and O–H groups in total. The molecule has 1 aliphatic rings. The summed E-state index contributed by atoms with van der Waals surface area (Å²) in [6.07, 6.45) is 0. The molecule has 0 saturated heterocycles. The molecule has 0 radical (unpaired) electrons. The maximum atomic E-state index is 13.7. The van der Waals surface area contributed by atoms with E-state index in [0.29, 0.717) is 5.69 Å². The van der Waals surface area contributed by atoms with Crippen molar-refractivity contribution in [1.82, 2.24) is 5.32 Å². The lowest BCUT2D eigenvalue weighted by Gasteiger charge is -2.09. The summed E-state index contributed by atoms with van der Waals surface area (Å²) in [5.74, 6) is -0.381. The normalized spacial score (nSPS) is 13.5.